The van der Waals surface area contributed by atoms with Crippen LogP contribution in [-0.4, -0.2) is 9.91 Å². The maximum atomic E-state index is 12.8. The van der Waals surface area contributed by atoms with Crippen LogP contribution in [0.1, 0.15) is 5.56 Å². The Morgan fingerprint density at radius 2 is 2.05 bits per heavy atom. The Bertz CT molecular complexity index is 749. The Kier molecular flexibility index (Phi) is 3.01. The molecule has 3 rings (SSSR count). The van der Waals surface area contributed by atoms with E-state index in [0.29, 0.717) is 16.6 Å². The summed E-state index contributed by atoms with van der Waals surface area (Å²) in [6.45, 7) is 0. The van der Waals surface area contributed by atoms with Crippen molar-refractivity contribution in [1.29, 1.82) is 0 Å². The number of fused-ring (bicyclic) bond motifs is 2. The lowest BCUT2D eigenvalue weighted by atomic mass is 10.1. The smallest absolute Gasteiger partial charge is 0.348 e. The molecule has 0 unspecified atom stereocenters. The molecule has 0 aliphatic carbocycles. The summed E-state index contributed by atoms with van der Waals surface area (Å²) in [6, 6.07) is 3.04. The monoisotopic (exact) mass is 313 g/mol. The number of nitro groups is 1. The molecular formula is C12H6F3N3O2S. The third-order valence-corrected chi connectivity index (χ3v) is 3.96. The minimum absolute atomic E-state index is 0.0664. The second kappa shape index (κ2) is 4.62. The van der Waals surface area contributed by atoms with Gasteiger partial charge in [0.25, 0.3) is 5.69 Å². The molecule has 0 saturated heterocycles. The lowest BCUT2D eigenvalue weighted by molar-refractivity contribution is -0.384. The van der Waals surface area contributed by atoms with Crippen molar-refractivity contribution >= 4 is 28.8 Å². The summed E-state index contributed by atoms with van der Waals surface area (Å²) in [5.74, 6) is 0. The first-order valence-corrected chi connectivity index (χ1v) is 6.46. The minimum atomic E-state index is -4.64. The molecule has 1 aliphatic rings. The van der Waals surface area contributed by atoms with E-state index in [1.165, 1.54) is 12.4 Å². The molecule has 1 aliphatic heterocycles. The van der Waals surface area contributed by atoms with Crippen molar-refractivity contribution < 1.29 is 18.1 Å². The predicted molar refractivity (Wildman–Crippen MR) is 69.7 cm³/mol. The van der Waals surface area contributed by atoms with Crippen molar-refractivity contribution in [2.75, 3.05) is 5.32 Å². The highest BCUT2D eigenvalue weighted by molar-refractivity contribution is 7.99. The zero-order valence-corrected chi connectivity index (χ0v) is 11.0. The highest BCUT2D eigenvalue weighted by Gasteiger charge is 2.36. The topological polar surface area (TPSA) is 68.1 Å². The number of hydrogen-bond acceptors (Lipinski definition) is 5. The van der Waals surface area contributed by atoms with Gasteiger partial charge in [0.2, 0.25) is 0 Å². The summed E-state index contributed by atoms with van der Waals surface area (Å²) in [5.41, 5.74) is -1.01. The Morgan fingerprint density at radius 1 is 1.29 bits per heavy atom. The third kappa shape index (κ3) is 2.40. The van der Waals surface area contributed by atoms with Crippen LogP contribution in [0.25, 0.3) is 0 Å². The van der Waals surface area contributed by atoms with Crippen molar-refractivity contribution in [3.63, 3.8) is 0 Å². The van der Waals surface area contributed by atoms with Gasteiger partial charge in [-0.3, -0.25) is 15.1 Å². The van der Waals surface area contributed by atoms with Gasteiger partial charge < -0.3 is 5.32 Å². The summed E-state index contributed by atoms with van der Waals surface area (Å²) in [7, 11) is 0. The van der Waals surface area contributed by atoms with Gasteiger partial charge in [-0.05, 0) is 12.1 Å². The van der Waals surface area contributed by atoms with Gasteiger partial charge in [0, 0.05) is 23.4 Å². The van der Waals surface area contributed by atoms with Crippen molar-refractivity contribution in [2.24, 2.45) is 0 Å². The standard InChI is InChI=1S/C12H6F3N3O2S/c13-12(14,15)6-3-8(18(19)20)11-9(4-6)21-10-5-16-2-1-7(10)17-11/h1-5,17H. The fraction of sp³-hybridized carbons (Fsp3) is 0.0833. The number of rotatable bonds is 1. The predicted octanol–water partition coefficient (Wildman–Crippen LogP) is 4.22. The number of nitrogens with one attached hydrogen (secondary N) is 1. The van der Waals surface area contributed by atoms with E-state index in [9.17, 15) is 23.3 Å². The molecule has 0 atom stereocenters. The zero-order valence-electron chi connectivity index (χ0n) is 10.1. The molecule has 0 fully saturated rings. The first kappa shape index (κ1) is 13.7. The quantitative estimate of drug-likeness (QED) is 0.538. The maximum Gasteiger partial charge on any atom is 0.416 e. The van der Waals surface area contributed by atoms with Crippen LogP contribution in [0.4, 0.5) is 30.2 Å². The van der Waals surface area contributed by atoms with Crippen molar-refractivity contribution in [3.05, 3.63) is 46.3 Å². The van der Waals surface area contributed by atoms with Crippen LogP contribution in [0, 0.1) is 10.1 Å². The molecule has 0 saturated carbocycles. The van der Waals surface area contributed by atoms with Gasteiger partial charge in [0.15, 0.2) is 0 Å². The summed E-state index contributed by atoms with van der Waals surface area (Å²) < 4.78 is 38.5. The van der Waals surface area contributed by atoms with Gasteiger partial charge in [0.1, 0.15) is 5.69 Å². The van der Waals surface area contributed by atoms with Crippen molar-refractivity contribution in [1.82, 2.24) is 4.98 Å². The number of pyridine rings is 1. The number of halogens is 3. The van der Waals surface area contributed by atoms with Gasteiger partial charge in [-0.1, -0.05) is 11.8 Å². The van der Waals surface area contributed by atoms with E-state index in [4.69, 9.17) is 0 Å². The third-order valence-electron chi connectivity index (χ3n) is 2.87. The number of aromatic nitrogens is 1. The average Bonchev–Trinajstić information content (AvgIpc) is 2.42. The molecule has 1 aromatic carbocycles. The molecule has 0 amide bonds. The van der Waals surface area contributed by atoms with Gasteiger partial charge in [-0.2, -0.15) is 13.2 Å². The fourth-order valence-electron chi connectivity index (χ4n) is 1.93. The van der Waals surface area contributed by atoms with Gasteiger partial charge in [-0.25, -0.2) is 0 Å². The molecular weight excluding hydrogens is 307 g/mol. The normalized spacial score (nSPS) is 13.1. The summed E-state index contributed by atoms with van der Waals surface area (Å²) in [4.78, 5) is 14.9. The van der Waals surface area contributed by atoms with Crippen molar-refractivity contribution in [2.45, 2.75) is 16.0 Å². The molecule has 108 valence electrons. The molecule has 0 spiro atoms. The molecule has 0 radical (unpaired) electrons. The largest absolute Gasteiger partial charge is 0.416 e. The Labute approximate surface area is 120 Å². The molecule has 0 bridgehead atoms. The summed E-state index contributed by atoms with van der Waals surface area (Å²) >= 11 is 1.01. The molecule has 9 heteroatoms. The number of anilines is 2. The molecule has 2 aromatic rings. The van der Waals surface area contributed by atoms with Crippen LogP contribution < -0.4 is 5.32 Å². The van der Waals surface area contributed by atoms with Crippen LogP contribution in [0.2, 0.25) is 0 Å². The highest BCUT2D eigenvalue weighted by atomic mass is 32.2. The van der Waals surface area contributed by atoms with Gasteiger partial charge in [0.05, 0.1) is 21.1 Å². The SMILES string of the molecule is O=[N+]([O-])c1cc(C(F)(F)F)cc2c1Nc1ccncc1S2. The van der Waals surface area contributed by atoms with E-state index in [2.05, 4.69) is 10.3 Å². The Hall–Kier alpha value is -2.29. The number of alkyl halides is 3. The second-order valence-corrected chi connectivity index (χ2v) is 5.31. The molecule has 21 heavy (non-hydrogen) atoms. The van der Waals surface area contributed by atoms with E-state index in [0.717, 1.165) is 17.8 Å². The van der Waals surface area contributed by atoms with Crippen LogP contribution in [0.15, 0.2) is 40.4 Å². The van der Waals surface area contributed by atoms with Crippen LogP contribution in [-0.2, 0) is 6.18 Å². The highest BCUT2D eigenvalue weighted by Crippen LogP contribution is 2.49. The number of hydrogen-bond donors (Lipinski definition) is 1. The molecule has 1 aromatic heterocycles. The molecule has 2 heterocycles. The number of nitro benzene ring substituents is 1. The van der Waals surface area contributed by atoms with Crippen molar-refractivity contribution in [3.8, 4) is 0 Å². The van der Waals surface area contributed by atoms with E-state index >= 15 is 0 Å². The number of nitrogens with zero attached hydrogens (tertiary/aromatic N) is 2. The Morgan fingerprint density at radius 3 is 2.71 bits per heavy atom. The van der Waals surface area contributed by atoms with Crippen LogP contribution in [0.3, 0.4) is 0 Å². The van der Waals surface area contributed by atoms with Gasteiger partial charge >= 0.3 is 6.18 Å². The second-order valence-electron chi connectivity index (χ2n) is 4.22. The maximum absolute atomic E-state index is 12.8. The van der Waals surface area contributed by atoms with E-state index in [1.807, 2.05) is 0 Å². The summed E-state index contributed by atoms with van der Waals surface area (Å²) in [6.07, 6.45) is -1.66. The van der Waals surface area contributed by atoms with Gasteiger partial charge in [-0.15, -0.1) is 0 Å². The first-order valence-electron chi connectivity index (χ1n) is 5.65. The summed E-state index contributed by atoms with van der Waals surface area (Å²) in [5, 5.41) is 13.8. The molecule has 5 nitrogen and oxygen atoms in total. The van der Waals surface area contributed by atoms with E-state index in [1.54, 1.807) is 6.07 Å². The van der Waals surface area contributed by atoms with E-state index in [-0.39, 0.29) is 10.6 Å². The fourth-order valence-corrected chi connectivity index (χ4v) is 2.96. The minimum Gasteiger partial charge on any atom is -0.348 e. The number of benzene rings is 1. The average molecular weight is 313 g/mol. The van der Waals surface area contributed by atoms with Crippen LogP contribution >= 0.6 is 11.8 Å². The van der Waals surface area contributed by atoms with E-state index < -0.39 is 22.4 Å². The lowest BCUT2D eigenvalue weighted by Gasteiger charge is -2.21. The molecule has 1 N–H and O–H groups in total. The lowest BCUT2D eigenvalue weighted by Crippen LogP contribution is -2.10. The first-order chi connectivity index (χ1) is 9.86. The Balaban J connectivity index is 2.19. The zero-order chi connectivity index (χ0) is 15.2. The van der Waals surface area contributed by atoms with Crippen LogP contribution in [0.5, 0.6) is 0 Å².